The number of alkyl halides is 3. The Balaban J connectivity index is 2.25. The van der Waals surface area contributed by atoms with Gasteiger partial charge >= 0.3 is 12.1 Å². The third-order valence-electron chi connectivity index (χ3n) is 4.29. The third-order valence-corrected chi connectivity index (χ3v) is 4.29. The molecular formula is C19H17F3N4O8. The Morgan fingerprint density at radius 1 is 1.06 bits per heavy atom. The van der Waals surface area contributed by atoms with Crippen molar-refractivity contribution in [1.29, 1.82) is 0 Å². The Labute approximate surface area is 188 Å². The number of nitrogens with one attached hydrogen (secondary N) is 2. The molecule has 15 heteroatoms. The van der Waals surface area contributed by atoms with Gasteiger partial charge in [-0.3, -0.25) is 25.0 Å². The summed E-state index contributed by atoms with van der Waals surface area (Å²) in [5.74, 6) is -2.39. The molecule has 2 rings (SSSR count). The predicted octanol–water partition coefficient (Wildman–Crippen LogP) is 3.11. The van der Waals surface area contributed by atoms with E-state index >= 15 is 0 Å². The van der Waals surface area contributed by atoms with Gasteiger partial charge in [0.15, 0.2) is 6.10 Å². The molecule has 2 aromatic carbocycles. The number of amides is 1. The van der Waals surface area contributed by atoms with Crippen molar-refractivity contribution >= 4 is 34.6 Å². The maximum absolute atomic E-state index is 13.3. The second-order valence-corrected chi connectivity index (χ2v) is 6.66. The van der Waals surface area contributed by atoms with Gasteiger partial charge in [-0.1, -0.05) is 0 Å². The number of halogens is 3. The molecule has 0 bridgehead atoms. The summed E-state index contributed by atoms with van der Waals surface area (Å²) in [6.07, 6.45) is -6.70. The van der Waals surface area contributed by atoms with Gasteiger partial charge in [-0.25, -0.2) is 4.79 Å². The van der Waals surface area contributed by atoms with E-state index in [0.717, 1.165) is 25.1 Å². The number of nitro groups is 2. The molecule has 0 spiro atoms. The van der Waals surface area contributed by atoms with Gasteiger partial charge in [0, 0.05) is 36.5 Å². The Morgan fingerprint density at radius 2 is 1.62 bits per heavy atom. The maximum atomic E-state index is 13.3. The van der Waals surface area contributed by atoms with Crippen molar-refractivity contribution < 1.29 is 42.5 Å². The molecule has 0 saturated carbocycles. The number of nitrogens with zero attached hydrogens (tertiary/aromatic N) is 2. The standard InChI is InChI=1S/C19H17F3N4O8/c1-10(17(28)24-16-5-3-12(26(32)33)9-14(16)19(20,21)22)34-18(29)13-8-11(25(30)31)2-4-15(13)23-6-7-27/h2-5,8-10,23,27H,6-7H2,1H3,(H,24,28). The quantitative estimate of drug-likeness (QED) is 0.273. The van der Waals surface area contributed by atoms with Crippen LogP contribution < -0.4 is 10.6 Å². The van der Waals surface area contributed by atoms with Crippen molar-refractivity contribution in [2.24, 2.45) is 0 Å². The number of carbonyl (C=O) groups excluding carboxylic acids is 2. The number of esters is 1. The van der Waals surface area contributed by atoms with Crippen LogP contribution in [-0.2, 0) is 15.7 Å². The second kappa shape index (κ2) is 10.6. The molecule has 0 aromatic heterocycles. The molecule has 1 amide bonds. The number of ether oxygens (including phenoxy) is 1. The second-order valence-electron chi connectivity index (χ2n) is 6.66. The predicted molar refractivity (Wildman–Crippen MR) is 110 cm³/mol. The molecule has 0 heterocycles. The summed E-state index contributed by atoms with van der Waals surface area (Å²) in [5, 5.41) is 35.2. The molecule has 3 N–H and O–H groups in total. The summed E-state index contributed by atoms with van der Waals surface area (Å²) in [4.78, 5) is 44.9. The van der Waals surface area contributed by atoms with Crippen molar-refractivity contribution in [3.05, 3.63) is 67.8 Å². The summed E-state index contributed by atoms with van der Waals surface area (Å²) in [6.45, 7) is 0.694. The van der Waals surface area contributed by atoms with E-state index in [9.17, 15) is 43.0 Å². The molecule has 2 aromatic rings. The minimum Gasteiger partial charge on any atom is -0.449 e. The molecule has 1 unspecified atom stereocenters. The Hall–Kier alpha value is -4.27. The van der Waals surface area contributed by atoms with E-state index in [1.807, 2.05) is 5.32 Å². The number of aliphatic hydroxyl groups excluding tert-OH is 1. The Morgan fingerprint density at radius 3 is 2.15 bits per heavy atom. The minimum absolute atomic E-state index is 0.0194. The van der Waals surface area contributed by atoms with Crippen LogP contribution in [0.1, 0.15) is 22.8 Å². The molecular weight excluding hydrogens is 469 g/mol. The number of hydrogen-bond donors (Lipinski definition) is 3. The summed E-state index contributed by atoms with van der Waals surface area (Å²) in [6, 6.07) is 4.81. The minimum atomic E-state index is -5.04. The van der Waals surface area contributed by atoms with Crippen molar-refractivity contribution in [2.75, 3.05) is 23.8 Å². The van der Waals surface area contributed by atoms with Crippen LogP contribution in [0.5, 0.6) is 0 Å². The summed E-state index contributed by atoms with van der Waals surface area (Å²) >= 11 is 0. The fourth-order valence-electron chi connectivity index (χ4n) is 2.66. The van der Waals surface area contributed by atoms with Crippen molar-refractivity contribution in [2.45, 2.75) is 19.2 Å². The lowest BCUT2D eigenvalue weighted by atomic mass is 10.1. The average molecular weight is 486 g/mol. The first kappa shape index (κ1) is 26.0. The number of aliphatic hydroxyl groups is 1. The van der Waals surface area contributed by atoms with Gasteiger partial charge in [0.05, 0.1) is 33.3 Å². The highest BCUT2D eigenvalue weighted by atomic mass is 19.4. The van der Waals surface area contributed by atoms with Gasteiger partial charge in [-0.15, -0.1) is 0 Å². The smallest absolute Gasteiger partial charge is 0.418 e. The third kappa shape index (κ3) is 6.38. The molecule has 1 atom stereocenters. The average Bonchev–Trinajstić information content (AvgIpc) is 2.76. The molecule has 12 nitrogen and oxygen atoms in total. The van der Waals surface area contributed by atoms with Gasteiger partial charge in [-0.2, -0.15) is 13.2 Å². The van der Waals surface area contributed by atoms with Crippen LogP contribution in [0.25, 0.3) is 0 Å². The summed E-state index contributed by atoms with van der Waals surface area (Å²) < 4.78 is 44.8. The van der Waals surface area contributed by atoms with Gasteiger partial charge in [0.1, 0.15) is 0 Å². The number of rotatable bonds is 9. The maximum Gasteiger partial charge on any atom is 0.418 e. The van der Waals surface area contributed by atoms with E-state index < -0.39 is 56.6 Å². The van der Waals surface area contributed by atoms with Gasteiger partial charge in [-0.05, 0) is 19.1 Å². The highest BCUT2D eigenvalue weighted by molar-refractivity contribution is 6.00. The van der Waals surface area contributed by atoms with Crippen molar-refractivity contribution in [3.8, 4) is 0 Å². The lowest BCUT2D eigenvalue weighted by molar-refractivity contribution is -0.385. The van der Waals surface area contributed by atoms with Crippen LogP contribution in [0.15, 0.2) is 36.4 Å². The number of hydrogen-bond acceptors (Lipinski definition) is 9. The van der Waals surface area contributed by atoms with Crippen LogP contribution in [0.3, 0.4) is 0 Å². The zero-order valence-electron chi connectivity index (χ0n) is 17.3. The van der Waals surface area contributed by atoms with Gasteiger partial charge in [0.25, 0.3) is 17.3 Å². The molecule has 0 aliphatic rings. The number of anilines is 2. The molecule has 182 valence electrons. The summed E-state index contributed by atoms with van der Waals surface area (Å²) in [7, 11) is 0. The van der Waals surface area contributed by atoms with E-state index in [1.165, 1.54) is 6.07 Å². The van der Waals surface area contributed by atoms with Crippen LogP contribution in [-0.4, -0.2) is 46.1 Å². The first-order chi connectivity index (χ1) is 15.8. The van der Waals surface area contributed by atoms with Gasteiger partial charge in [0.2, 0.25) is 0 Å². The van der Waals surface area contributed by atoms with Gasteiger partial charge < -0.3 is 20.5 Å². The van der Waals surface area contributed by atoms with E-state index in [-0.39, 0.29) is 30.5 Å². The normalized spacial score (nSPS) is 11.9. The van der Waals surface area contributed by atoms with E-state index in [2.05, 4.69) is 5.32 Å². The highest BCUT2D eigenvalue weighted by Crippen LogP contribution is 2.37. The van der Waals surface area contributed by atoms with Crippen LogP contribution in [0, 0.1) is 20.2 Å². The number of nitro benzene ring substituents is 2. The van der Waals surface area contributed by atoms with E-state index in [4.69, 9.17) is 9.84 Å². The first-order valence-electron chi connectivity index (χ1n) is 9.35. The molecule has 0 fully saturated rings. The number of carbonyl (C=O) groups is 2. The Bertz CT molecular complexity index is 1120. The Kier molecular flexibility index (Phi) is 8.07. The largest absolute Gasteiger partial charge is 0.449 e. The molecule has 0 aliphatic carbocycles. The first-order valence-corrected chi connectivity index (χ1v) is 9.35. The van der Waals surface area contributed by atoms with Crippen LogP contribution in [0.2, 0.25) is 0 Å². The van der Waals surface area contributed by atoms with Crippen molar-refractivity contribution in [3.63, 3.8) is 0 Å². The fourth-order valence-corrected chi connectivity index (χ4v) is 2.66. The molecule has 0 radical (unpaired) electrons. The zero-order chi connectivity index (χ0) is 25.6. The highest BCUT2D eigenvalue weighted by Gasteiger charge is 2.36. The van der Waals surface area contributed by atoms with Crippen LogP contribution in [0.4, 0.5) is 35.9 Å². The summed E-state index contributed by atoms with van der Waals surface area (Å²) in [5.41, 5.74) is -3.91. The van der Waals surface area contributed by atoms with E-state index in [0.29, 0.717) is 6.07 Å². The van der Waals surface area contributed by atoms with Crippen LogP contribution >= 0.6 is 0 Å². The van der Waals surface area contributed by atoms with Crippen molar-refractivity contribution in [1.82, 2.24) is 0 Å². The number of non-ortho nitro benzene ring substituents is 2. The zero-order valence-corrected chi connectivity index (χ0v) is 17.3. The monoisotopic (exact) mass is 486 g/mol. The van der Waals surface area contributed by atoms with E-state index in [1.54, 1.807) is 0 Å². The lowest BCUT2D eigenvalue weighted by Gasteiger charge is -2.17. The SMILES string of the molecule is CC(OC(=O)c1cc([N+](=O)[O-])ccc1NCCO)C(=O)Nc1ccc([N+](=O)[O-])cc1C(F)(F)F. The molecule has 0 aliphatic heterocycles. The topological polar surface area (TPSA) is 174 Å². The number of benzene rings is 2. The molecule has 34 heavy (non-hydrogen) atoms. The fraction of sp³-hybridized carbons (Fsp3) is 0.263. The molecule has 0 saturated heterocycles. The lowest BCUT2D eigenvalue weighted by Crippen LogP contribution is -2.31.